The highest BCUT2D eigenvalue weighted by Gasteiger charge is 2.21. The second-order valence-corrected chi connectivity index (χ2v) is 7.76. The molecule has 2 rings (SSSR count). The number of aliphatic imine (C=N–C) groups is 1. The molecule has 0 saturated heterocycles. The summed E-state index contributed by atoms with van der Waals surface area (Å²) in [7, 11) is 5.46. The van der Waals surface area contributed by atoms with Gasteiger partial charge in [-0.25, -0.2) is 4.99 Å². The Morgan fingerprint density at radius 1 is 1.27 bits per heavy atom. The fraction of sp³-hybridized carbons (Fsp3) is 0.579. The molecule has 1 aliphatic rings. The minimum absolute atomic E-state index is 0.0136. The first-order valence-corrected chi connectivity index (χ1v) is 9.77. The van der Waals surface area contributed by atoms with Gasteiger partial charge < -0.3 is 19.9 Å². The van der Waals surface area contributed by atoms with Crippen LogP contribution in [0, 0.1) is 5.92 Å². The van der Waals surface area contributed by atoms with Gasteiger partial charge in [-0.2, -0.15) is 0 Å². The van der Waals surface area contributed by atoms with Crippen molar-refractivity contribution in [2.75, 3.05) is 47.4 Å². The van der Waals surface area contributed by atoms with Gasteiger partial charge in [0, 0.05) is 38.8 Å². The number of halogens is 1. The standard InChI is InChI=1S/C19H29BrN4O2/c1-23(2)18(25)13-22-19(21-12-15-6-8-17(20)9-7-15)24(3)10-11-26-14-16-4-5-16/h6-9,16H,4-5,10-14H2,1-3H3,(H,21,22). The van der Waals surface area contributed by atoms with Gasteiger partial charge in [0.05, 0.1) is 19.7 Å². The average Bonchev–Trinajstić information content (AvgIpc) is 3.44. The molecule has 0 bridgehead atoms. The predicted octanol–water partition coefficient (Wildman–Crippen LogP) is 2.34. The SMILES string of the molecule is CN(C)C(=O)CNC(=NCc1ccc(Br)cc1)N(C)CCOCC1CC1. The summed E-state index contributed by atoms with van der Waals surface area (Å²) in [6.45, 7) is 3.02. The Bertz CT molecular complexity index is 600. The Hall–Kier alpha value is -1.60. The molecule has 7 heteroatoms. The van der Waals surface area contributed by atoms with E-state index in [1.165, 1.54) is 12.8 Å². The first-order valence-electron chi connectivity index (χ1n) is 8.97. The molecule has 6 nitrogen and oxygen atoms in total. The van der Waals surface area contributed by atoms with Gasteiger partial charge in [0.2, 0.25) is 5.91 Å². The van der Waals surface area contributed by atoms with Gasteiger partial charge in [0.25, 0.3) is 0 Å². The number of hydrogen-bond donors (Lipinski definition) is 1. The maximum absolute atomic E-state index is 11.9. The van der Waals surface area contributed by atoms with Crippen LogP contribution in [0.15, 0.2) is 33.7 Å². The lowest BCUT2D eigenvalue weighted by Gasteiger charge is -2.23. The lowest BCUT2D eigenvalue weighted by atomic mass is 10.2. The van der Waals surface area contributed by atoms with Crippen LogP contribution in [0.3, 0.4) is 0 Å². The third-order valence-electron chi connectivity index (χ3n) is 4.20. The van der Waals surface area contributed by atoms with E-state index in [-0.39, 0.29) is 12.5 Å². The molecule has 26 heavy (non-hydrogen) atoms. The highest BCUT2D eigenvalue weighted by atomic mass is 79.9. The number of guanidine groups is 1. The van der Waals surface area contributed by atoms with E-state index >= 15 is 0 Å². The van der Waals surface area contributed by atoms with Gasteiger partial charge in [-0.05, 0) is 36.5 Å². The summed E-state index contributed by atoms with van der Waals surface area (Å²) in [5, 5.41) is 3.16. The number of benzene rings is 1. The Morgan fingerprint density at radius 3 is 2.58 bits per heavy atom. The number of rotatable bonds is 9. The molecular formula is C19H29BrN4O2. The van der Waals surface area contributed by atoms with Crippen LogP contribution in [-0.4, -0.2) is 69.1 Å². The highest BCUT2D eigenvalue weighted by Crippen LogP contribution is 2.28. The summed E-state index contributed by atoms with van der Waals surface area (Å²) in [4.78, 5) is 20.1. The number of amides is 1. The Labute approximate surface area is 164 Å². The summed E-state index contributed by atoms with van der Waals surface area (Å²) in [5.74, 6) is 1.49. The summed E-state index contributed by atoms with van der Waals surface area (Å²) < 4.78 is 6.76. The van der Waals surface area contributed by atoms with Crippen molar-refractivity contribution in [2.24, 2.45) is 10.9 Å². The summed E-state index contributed by atoms with van der Waals surface area (Å²) in [5.41, 5.74) is 1.12. The second-order valence-electron chi connectivity index (χ2n) is 6.85. The van der Waals surface area contributed by atoms with Gasteiger partial charge in [-0.3, -0.25) is 4.79 Å². The molecule has 0 spiro atoms. The third kappa shape index (κ3) is 7.74. The molecule has 1 aliphatic carbocycles. The second kappa shape index (κ2) is 10.5. The van der Waals surface area contributed by atoms with Gasteiger partial charge >= 0.3 is 0 Å². The fourth-order valence-corrected chi connectivity index (χ4v) is 2.49. The predicted molar refractivity (Wildman–Crippen MR) is 108 cm³/mol. The number of carbonyl (C=O) groups excluding carboxylic acids is 1. The van der Waals surface area contributed by atoms with Gasteiger partial charge in [-0.15, -0.1) is 0 Å². The van der Waals surface area contributed by atoms with E-state index in [0.29, 0.717) is 19.1 Å². The molecule has 0 unspecified atom stereocenters. The van der Waals surface area contributed by atoms with Crippen LogP contribution in [-0.2, 0) is 16.1 Å². The molecule has 1 aromatic carbocycles. The minimum atomic E-state index is 0.0136. The van der Waals surface area contributed by atoms with Crippen LogP contribution in [0.5, 0.6) is 0 Å². The van der Waals surface area contributed by atoms with Crippen molar-refractivity contribution in [1.82, 2.24) is 15.1 Å². The van der Waals surface area contributed by atoms with Crippen LogP contribution in [0.2, 0.25) is 0 Å². The van der Waals surface area contributed by atoms with Crippen molar-refractivity contribution >= 4 is 27.8 Å². The normalized spacial score (nSPS) is 14.2. The van der Waals surface area contributed by atoms with Gasteiger partial charge in [0.15, 0.2) is 5.96 Å². The lowest BCUT2D eigenvalue weighted by Crippen LogP contribution is -2.44. The first kappa shape index (κ1) is 20.7. The number of ether oxygens (including phenoxy) is 1. The summed E-state index contributed by atoms with van der Waals surface area (Å²) in [6.07, 6.45) is 2.59. The molecule has 0 aliphatic heterocycles. The van der Waals surface area contributed by atoms with Crippen molar-refractivity contribution in [1.29, 1.82) is 0 Å². The smallest absolute Gasteiger partial charge is 0.241 e. The maximum atomic E-state index is 11.9. The monoisotopic (exact) mass is 424 g/mol. The molecule has 144 valence electrons. The van der Waals surface area contributed by atoms with Crippen molar-refractivity contribution in [3.63, 3.8) is 0 Å². The molecule has 0 atom stereocenters. The van der Waals surface area contributed by atoms with E-state index in [0.717, 1.165) is 29.1 Å². The summed E-state index contributed by atoms with van der Waals surface area (Å²) >= 11 is 3.44. The molecule has 1 aromatic rings. The number of likely N-dealkylation sites (N-methyl/N-ethyl adjacent to an activating group) is 2. The van der Waals surface area contributed by atoms with Gasteiger partial charge in [0.1, 0.15) is 0 Å². The van der Waals surface area contributed by atoms with Crippen LogP contribution < -0.4 is 5.32 Å². The van der Waals surface area contributed by atoms with E-state index < -0.39 is 0 Å². The van der Waals surface area contributed by atoms with Crippen molar-refractivity contribution in [3.8, 4) is 0 Å². The van der Waals surface area contributed by atoms with E-state index in [9.17, 15) is 4.79 Å². The third-order valence-corrected chi connectivity index (χ3v) is 4.73. The minimum Gasteiger partial charge on any atom is -0.379 e. The zero-order chi connectivity index (χ0) is 18.9. The number of hydrogen-bond acceptors (Lipinski definition) is 3. The number of nitrogens with one attached hydrogen (secondary N) is 1. The molecule has 0 heterocycles. The van der Waals surface area contributed by atoms with E-state index in [2.05, 4.69) is 26.2 Å². The van der Waals surface area contributed by atoms with Crippen LogP contribution in [0.25, 0.3) is 0 Å². The fourth-order valence-electron chi connectivity index (χ4n) is 2.22. The molecule has 0 aromatic heterocycles. The molecule has 0 radical (unpaired) electrons. The Balaban J connectivity index is 1.90. The van der Waals surface area contributed by atoms with Gasteiger partial charge in [-0.1, -0.05) is 28.1 Å². The molecule has 1 fully saturated rings. The zero-order valence-corrected chi connectivity index (χ0v) is 17.5. The largest absolute Gasteiger partial charge is 0.379 e. The van der Waals surface area contributed by atoms with Crippen molar-refractivity contribution in [2.45, 2.75) is 19.4 Å². The number of nitrogens with zero attached hydrogens (tertiary/aromatic N) is 3. The zero-order valence-electron chi connectivity index (χ0n) is 15.9. The Kier molecular flexibility index (Phi) is 8.38. The van der Waals surface area contributed by atoms with Crippen molar-refractivity contribution < 1.29 is 9.53 Å². The van der Waals surface area contributed by atoms with E-state index in [1.807, 2.05) is 36.2 Å². The summed E-state index contributed by atoms with van der Waals surface area (Å²) in [6, 6.07) is 8.08. The number of carbonyl (C=O) groups is 1. The van der Waals surface area contributed by atoms with E-state index in [4.69, 9.17) is 4.74 Å². The first-order chi connectivity index (χ1) is 12.5. The quantitative estimate of drug-likeness (QED) is 0.375. The lowest BCUT2D eigenvalue weighted by molar-refractivity contribution is -0.127. The average molecular weight is 425 g/mol. The highest BCUT2D eigenvalue weighted by molar-refractivity contribution is 9.10. The molecule has 1 amide bonds. The van der Waals surface area contributed by atoms with Crippen molar-refractivity contribution in [3.05, 3.63) is 34.3 Å². The van der Waals surface area contributed by atoms with E-state index in [1.54, 1.807) is 19.0 Å². The van der Waals surface area contributed by atoms with Crippen LogP contribution in [0.1, 0.15) is 18.4 Å². The Morgan fingerprint density at radius 2 is 1.96 bits per heavy atom. The topological polar surface area (TPSA) is 57.2 Å². The maximum Gasteiger partial charge on any atom is 0.241 e. The van der Waals surface area contributed by atoms with Crippen LogP contribution in [0.4, 0.5) is 0 Å². The molecule has 1 N–H and O–H groups in total. The molecular weight excluding hydrogens is 396 g/mol. The van der Waals surface area contributed by atoms with Crippen LogP contribution >= 0.6 is 15.9 Å². The molecule has 1 saturated carbocycles.